The van der Waals surface area contributed by atoms with Gasteiger partial charge in [-0.15, -0.1) is 0 Å². The van der Waals surface area contributed by atoms with E-state index in [4.69, 9.17) is 4.74 Å². The molecule has 4 heteroatoms. The van der Waals surface area contributed by atoms with E-state index >= 15 is 0 Å². The number of amides is 1. The van der Waals surface area contributed by atoms with Crippen LogP contribution in [0.15, 0.2) is 0 Å². The summed E-state index contributed by atoms with van der Waals surface area (Å²) in [7, 11) is 0. The highest BCUT2D eigenvalue weighted by molar-refractivity contribution is 5.80. The van der Waals surface area contributed by atoms with Crippen LogP contribution in [0.3, 0.4) is 0 Å². The Labute approximate surface area is 94.9 Å². The Morgan fingerprint density at radius 1 is 1.31 bits per heavy atom. The smallest absolute Gasteiger partial charge is 0.309 e. The largest absolute Gasteiger partial charge is 0.462 e. The molecule has 0 bridgehead atoms. The lowest BCUT2D eigenvalue weighted by Gasteiger charge is -2.29. The van der Waals surface area contributed by atoms with E-state index in [-0.39, 0.29) is 35.9 Å². The minimum Gasteiger partial charge on any atom is -0.462 e. The predicted molar refractivity (Wildman–Crippen MR) is 56.5 cm³/mol. The zero-order chi connectivity index (χ0) is 11.3. The van der Waals surface area contributed by atoms with E-state index in [1.807, 2.05) is 11.8 Å². The van der Waals surface area contributed by atoms with E-state index in [9.17, 15) is 9.59 Å². The van der Waals surface area contributed by atoms with Crippen molar-refractivity contribution in [3.63, 3.8) is 0 Å². The van der Waals surface area contributed by atoms with Gasteiger partial charge in [0.2, 0.25) is 5.91 Å². The monoisotopic (exact) mass is 223 g/mol. The Morgan fingerprint density at radius 2 is 2.12 bits per heavy atom. The molecule has 88 valence electrons. The van der Waals surface area contributed by atoms with Crippen LogP contribution in [0.2, 0.25) is 0 Å². The van der Waals surface area contributed by atoms with Gasteiger partial charge in [-0.3, -0.25) is 9.59 Å². The van der Waals surface area contributed by atoms with Gasteiger partial charge in [0.25, 0.3) is 0 Å². The van der Waals surface area contributed by atoms with E-state index in [1.54, 1.807) is 0 Å². The normalized spacial score (nSPS) is 42.7. The molecule has 3 fully saturated rings. The Morgan fingerprint density at radius 3 is 2.94 bits per heavy atom. The number of esters is 1. The Balaban J connectivity index is 1.91. The van der Waals surface area contributed by atoms with Crippen LogP contribution in [0.5, 0.6) is 0 Å². The number of carbonyl (C=O) groups excluding carboxylic acids is 2. The van der Waals surface area contributed by atoms with Crippen LogP contribution in [0, 0.1) is 11.8 Å². The fourth-order valence-electron chi connectivity index (χ4n) is 3.56. The average molecular weight is 223 g/mol. The highest BCUT2D eigenvalue weighted by Gasteiger charge is 2.51. The third-order valence-electron chi connectivity index (χ3n) is 4.35. The molecule has 3 aliphatic rings. The van der Waals surface area contributed by atoms with Crippen molar-refractivity contribution >= 4 is 11.9 Å². The molecule has 16 heavy (non-hydrogen) atoms. The molecule has 0 spiro atoms. The van der Waals surface area contributed by atoms with Crippen LogP contribution >= 0.6 is 0 Å². The standard InChI is InChI=1S/C12H17NO3/c1-7-11-8-4-5-10(14)13(8)6-2-3-9(11)16-12(7)15/h7-9,11H,2-6H2,1H3/t7?,8?,9-,11?/m1/s1. The molecule has 0 aromatic heterocycles. The van der Waals surface area contributed by atoms with Gasteiger partial charge in [0.1, 0.15) is 6.10 Å². The van der Waals surface area contributed by atoms with Gasteiger partial charge in [0.15, 0.2) is 0 Å². The van der Waals surface area contributed by atoms with Gasteiger partial charge in [-0.25, -0.2) is 0 Å². The van der Waals surface area contributed by atoms with Gasteiger partial charge in [-0.2, -0.15) is 0 Å². The van der Waals surface area contributed by atoms with E-state index in [0.29, 0.717) is 6.42 Å². The molecule has 0 N–H and O–H groups in total. The molecule has 3 saturated heterocycles. The lowest BCUT2D eigenvalue weighted by Crippen LogP contribution is -2.41. The van der Waals surface area contributed by atoms with E-state index in [0.717, 1.165) is 25.8 Å². The minimum absolute atomic E-state index is 0.0403. The first kappa shape index (κ1) is 10.1. The SMILES string of the molecule is CC1C(=O)O[C@@H]2CCCN3C(=O)CCC3C12. The van der Waals surface area contributed by atoms with Crippen molar-refractivity contribution in [1.29, 1.82) is 0 Å². The maximum absolute atomic E-state index is 11.7. The second-order valence-electron chi connectivity index (χ2n) is 5.18. The van der Waals surface area contributed by atoms with Crippen molar-refractivity contribution in [1.82, 2.24) is 4.90 Å². The number of rotatable bonds is 0. The second-order valence-corrected chi connectivity index (χ2v) is 5.18. The van der Waals surface area contributed by atoms with Crippen molar-refractivity contribution in [2.45, 2.75) is 44.8 Å². The molecule has 0 aromatic carbocycles. The predicted octanol–water partition coefficient (Wildman–Crippen LogP) is 0.949. The van der Waals surface area contributed by atoms with Gasteiger partial charge in [-0.1, -0.05) is 6.92 Å². The summed E-state index contributed by atoms with van der Waals surface area (Å²) in [6.07, 6.45) is 3.49. The maximum atomic E-state index is 11.7. The summed E-state index contributed by atoms with van der Waals surface area (Å²) >= 11 is 0. The van der Waals surface area contributed by atoms with E-state index < -0.39 is 0 Å². The number of fused-ring (bicyclic) bond motifs is 3. The lowest BCUT2D eigenvalue weighted by atomic mass is 9.83. The first-order valence-corrected chi connectivity index (χ1v) is 6.18. The number of hydrogen-bond acceptors (Lipinski definition) is 3. The molecule has 0 aromatic rings. The number of ether oxygens (including phenoxy) is 1. The summed E-state index contributed by atoms with van der Waals surface area (Å²) in [5.41, 5.74) is 0. The molecule has 1 amide bonds. The van der Waals surface area contributed by atoms with Gasteiger partial charge in [0, 0.05) is 24.9 Å². The van der Waals surface area contributed by atoms with Crippen LogP contribution in [0.4, 0.5) is 0 Å². The van der Waals surface area contributed by atoms with Crippen LogP contribution in [-0.4, -0.2) is 35.5 Å². The Bertz CT molecular complexity index is 339. The Kier molecular flexibility index (Phi) is 2.19. The average Bonchev–Trinajstić information content (AvgIpc) is 2.67. The summed E-state index contributed by atoms with van der Waals surface area (Å²) in [5, 5.41) is 0. The summed E-state index contributed by atoms with van der Waals surface area (Å²) in [6.45, 7) is 2.79. The van der Waals surface area contributed by atoms with Crippen molar-refractivity contribution in [3.8, 4) is 0 Å². The van der Waals surface area contributed by atoms with Gasteiger partial charge in [0.05, 0.1) is 5.92 Å². The van der Waals surface area contributed by atoms with Crippen molar-refractivity contribution < 1.29 is 14.3 Å². The highest BCUT2D eigenvalue weighted by Crippen LogP contribution is 2.41. The minimum atomic E-state index is -0.0730. The van der Waals surface area contributed by atoms with Crippen LogP contribution in [0.25, 0.3) is 0 Å². The molecule has 0 radical (unpaired) electrons. The quantitative estimate of drug-likeness (QED) is 0.574. The molecule has 0 aliphatic carbocycles. The lowest BCUT2D eigenvalue weighted by molar-refractivity contribution is -0.144. The summed E-state index contributed by atoms with van der Waals surface area (Å²) in [5.74, 6) is 0.386. The topological polar surface area (TPSA) is 46.6 Å². The first-order chi connectivity index (χ1) is 7.68. The molecule has 4 atom stereocenters. The summed E-state index contributed by atoms with van der Waals surface area (Å²) < 4.78 is 5.42. The van der Waals surface area contributed by atoms with Gasteiger partial charge < -0.3 is 9.64 Å². The molecule has 4 nitrogen and oxygen atoms in total. The fourth-order valence-corrected chi connectivity index (χ4v) is 3.56. The molecule has 3 unspecified atom stereocenters. The fraction of sp³-hybridized carbons (Fsp3) is 0.833. The third kappa shape index (κ3) is 1.28. The Hall–Kier alpha value is -1.06. The zero-order valence-corrected chi connectivity index (χ0v) is 9.52. The van der Waals surface area contributed by atoms with Gasteiger partial charge >= 0.3 is 5.97 Å². The summed E-state index contributed by atoms with van der Waals surface area (Å²) in [4.78, 5) is 25.3. The van der Waals surface area contributed by atoms with Crippen molar-refractivity contribution in [2.24, 2.45) is 11.8 Å². The van der Waals surface area contributed by atoms with Crippen LogP contribution < -0.4 is 0 Å². The van der Waals surface area contributed by atoms with Crippen LogP contribution in [0.1, 0.15) is 32.6 Å². The second kappa shape index (κ2) is 3.47. The maximum Gasteiger partial charge on any atom is 0.309 e. The highest BCUT2D eigenvalue weighted by atomic mass is 16.6. The number of carbonyl (C=O) groups is 2. The molecule has 3 heterocycles. The zero-order valence-electron chi connectivity index (χ0n) is 9.52. The molecule has 3 aliphatic heterocycles. The molecule has 3 rings (SSSR count). The summed E-state index contributed by atoms with van der Waals surface area (Å²) in [6, 6.07) is 0.251. The molecule has 0 saturated carbocycles. The van der Waals surface area contributed by atoms with Crippen LogP contribution in [-0.2, 0) is 14.3 Å². The number of nitrogens with zero attached hydrogens (tertiary/aromatic N) is 1. The van der Waals surface area contributed by atoms with Crippen molar-refractivity contribution in [3.05, 3.63) is 0 Å². The van der Waals surface area contributed by atoms with Crippen molar-refractivity contribution in [2.75, 3.05) is 6.54 Å². The van der Waals surface area contributed by atoms with E-state index in [1.165, 1.54) is 0 Å². The van der Waals surface area contributed by atoms with Gasteiger partial charge in [-0.05, 0) is 19.3 Å². The third-order valence-corrected chi connectivity index (χ3v) is 4.35. The molecular formula is C12H17NO3. The van der Waals surface area contributed by atoms with E-state index in [2.05, 4.69) is 0 Å². The first-order valence-electron chi connectivity index (χ1n) is 6.18. The molecular weight excluding hydrogens is 206 g/mol. The number of hydrogen-bond donors (Lipinski definition) is 0.